The number of amides is 2. The number of benzene rings is 2. The van der Waals surface area contributed by atoms with Crippen LogP contribution in [0.3, 0.4) is 0 Å². The number of primary amides is 1. The lowest BCUT2D eigenvalue weighted by Gasteiger charge is -2.08. The molecule has 2 rings (SSSR count). The number of hydrogen-bond acceptors (Lipinski definition) is 3. The lowest BCUT2D eigenvalue weighted by atomic mass is 10.0. The summed E-state index contributed by atoms with van der Waals surface area (Å²) in [4.78, 5) is 10.9. The molecule has 0 fully saturated rings. The maximum atomic E-state index is 10.9. The zero-order chi connectivity index (χ0) is 15.8. The van der Waals surface area contributed by atoms with Gasteiger partial charge in [-0.25, -0.2) is 10.2 Å². The van der Waals surface area contributed by atoms with Crippen LogP contribution in [-0.2, 0) is 6.42 Å². The highest BCUT2D eigenvalue weighted by Crippen LogP contribution is 2.14. The average molecular weight is 297 g/mol. The molecule has 22 heavy (non-hydrogen) atoms. The molecule has 0 radical (unpaired) electrons. The first-order valence-electron chi connectivity index (χ1n) is 6.99. The smallest absolute Gasteiger partial charge is 0.332 e. The Morgan fingerprint density at radius 1 is 1.14 bits per heavy atom. The van der Waals surface area contributed by atoms with Crippen molar-refractivity contribution in [2.24, 2.45) is 10.8 Å². The summed E-state index contributed by atoms with van der Waals surface area (Å²) in [6, 6.07) is 16.9. The average Bonchev–Trinajstić information content (AvgIpc) is 2.56. The van der Waals surface area contributed by atoms with E-state index in [1.807, 2.05) is 54.6 Å². The van der Waals surface area contributed by atoms with E-state index in [1.165, 1.54) is 5.56 Å². The number of rotatable bonds is 6. The van der Waals surface area contributed by atoms with Crippen molar-refractivity contribution in [2.75, 3.05) is 7.11 Å². The van der Waals surface area contributed by atoms with Gasteiger partial charge in [-0.2, -0.15) is 5.10 Å². The van der Waals surface area contributed by atoms with Gasteiger partial charge in [-0.3, -0.25) is 0 Å². The molecule has 0 saturated heterocycles. The Bertz CT molecular complexity index is 637. The van der Waals surface area contributed by atoms with E-state index in [9.17, 15) is 4.79 Å². The van der Waals surface area contributed by atoms with Gasteiger partial charge in [-0.1, -0.05) is 42.5 Å². The number of nitrogens with zero attached hydrogens (tertiary/aromatic N) is 1. The first-order valence-corrected chi connectivity index (χ1v) is 6.99. The number of hydrogen-bond donors (Lipinski definition) is 2. The lowest BCUT2D eigenvalue weighted by Crippen LogP contribution is -2.26. The number of ether oxygens (including phenoxy) is 1. The van der Waals surface area contributed by atoms with E-state index < -0.39 is 6.03 Å². The van der Waals surface area contributed by atoms with Crippen LogP contribution in [0.25, 0.3) is 0 Å². The number of nitrogens with two attached hydrogens (primary N) is 1. The summed E-state index contributed by atoms with van der Waals surface area (Å²) in [5.41, 5.74) is 10.3. The molecule has 114 valence electrons. The van der Waals surface area contributed by atoms with Crippen molar-refractivity contribution >= 4 is 11.7 Å². The summed E-state index contributed by atoms with van der Waals surface area (Å²) >= 11 is 0. The standard InChI is InChI=1S/C17H19N3O2/c1-22-15-10-7-13(8-11-15)9-12-16(19-20-17(18)21)14-5-3-2-4-6-14/h2-8,10-11H,9,12H2,1H3,(H3,18,20,21). The highest BCUT2D eigenvalue weighted by molar-refractivity contribution is 6.01. The van der Waals surface area contributed by atoms with E-state index in [1.54, 1.807) is 7.11 Å². The van der Waals surface area contributed by atoms with Crippen molar-refractivity contribution in [3.8, 4) is 5.75 Å². The van der Waals surface area contributed by atoms with Gasteiger partial charge >= 0.3 is 6.03 Å². The van der Waals surface area contributed by atoms with Crippen molar-refractivity contribution in [2.45, 2.75) is 12.8 Å². The fourth-order valence-corrected chi connectivity index (χ4v) is 2.07. The van der Waals surface area contributed by atoms with Crippen LogP contribution in [-0.4, -0.2) is 18.9 Å². The largest absolute Gasteiger partial charge is 0.497 e. The normalized spacial score (nSPS) is 11.0. The fraction of sp³-hybridized carbons (Fsp3) is 0.176. The van der Waals surface area contributed by atoms with Gasteiger partial charge in [0, 0.05) is 0 Å². The third kappa shape index (κ3) is 4.63. The van der Waals surface area contributed by atoms with Crippen LogP contribution in [0.5, 0.6) is 5.75 Å². The molecule has 0 aliphatic rings. The molecule has 0 aliphatic carbocycles. The molecule has 2 amide bonds. The molecule has 0 aliphatic heterocycles. The number of carbonyl (C=O) groups excluding carboxylic acids is 1. The van der Waals surface area contributed by atoms with E-state index in [4.69, 9.17) is 10.5 Å². The van der Waals surface area contributed by atoms with Crippen molar-refractivity contribution < 1.29 is 9.53 Å². The molecule has 0 atom stereocenters. The molecule has 5 nitrogen and oxygen atoms in total. The fourth-order valence-electron chi connectivity index (χ4n) is 2.07. The van der Waals surface area contributed by atoms with E-state index >= 15 is 0 Å². The van der Waals surface area contributed by atoms with Crippen molar-refractivity contribution in [1.29, 1.82) is 0 Å². The highest BCUT2D eigenvalue weighted by atomic mass is 16.5. The highest BCUT2D eigenvalue weighted by Gasteiger charge is 2.05. The van der Waals surface area contributed by atoms with Crippen molar-refractivity contribution in [3.63, 3.8) is 0 Å². The van der Waals surface area contributed by atoms with Crippen LogP contribution < -0.4 is 15.9 Å². The number of nitrogens with one attached hydrogen (secondary N) is 1. The zero-order valence-corrected chi connectivity index (χ0v) is 12.5. The van der Waals surface area contributed by atoms with Gasteiger partial charge in [-0.15, -0.1) is 0 Å². The van der Waals surface area contributed by atoms with Gasteiger partial charge in [0.1, 0.15) is 5.75 Å². The Hall–Kier alpha value is -2.82. The maximum absolute atomic E-state index is 10.9. The molecule has 0 saturated carbocycles. The first kappa shape index (κ1) is 15.6. The minimum Gasteiger partial charge on any atom is -0.497 e. The monoisotopic (exact) mass is 297 g/mol. The van der Waals surface area contributed by atoms with Gasteiger partial charge in [0.05, 0.1) is 12.8 Å². The van der Waals surface area contributed by atoms with E-state index in [0.717, 1.165) is 23.4 Å². The van der Waals surface area contributed by atoms with E-state index in [0.29, 0.717) is 6.42 Å². The lowest BCUT2D eigenvalue weighted by molar-refractivity contribution is 0.249. The topological polar surface area (TPSA) is 76.7 Å². The minimum atomic E-state index is -0.669. The van der Waals surface area contributed by atoms with Crippen molar-refractivity contribution in [1.82, 2.24) is 5.43 Å². The maximum Gasteiger partial charge on any atom is 0.332 e. The SMILES string of the molecule is COc1ccc(CCC(=NNC(N)=O)c2ccccc2)cc1. The van der Waals surface area contributed by atoms with Gasteiger partial charge in [-0.05, 0) is 36.1 Å². The molecular weight excluding hydrogens is 278 g/mol. The predicted octanol–water partition coefficient (Wildman–Crippen LogP) is 2.70. The third-order valence-corrected chi connectivity index (χ3v) is 3.22. The molecule has 2 aromatic carbocycles. The van der Waals surface area contributed by atoms with Crippen LogP contribution >= 0.6 is 0 Å². The summed E-state index contributed by atoms with van der Waals surface area (Å²) in [7, 11) is 1.64. The van der Waals surface area contributed by atoms with E-state index in [2.05, 4.69) is 10.5 Å². The summed E-state index contributed by atoms with van der Waals surface area (Å²) in [5, 5.41) is 4.11. The summed E-state index contributed by atoms with van der Waals surface area (Å²) in [5.74, 6) is 0.830. The van der Waals surface area contributed by atoms with Gasteiger partial charge in [0.15, 0.2) is 0 Å². The number of methoxy groups -OCH3 is 1. The summed E-state index contributed by atoms with van der Waals surface area (Å²) in [6.45, 7) is 0. The number of hydrazone groups is 1. The van der Waals surface area contributed by atoms with Gasteiger partial charge in [0.25, 0.3) is 0 Å². The molecule has 5 heteroatoms. The summed E-state index contributed by atoms with van der Waals surface area (Å²) < 4.78 is 5.14. The molecule has 0 unspecified atom stereocenters. The van der Waals surface area contributed by atoms with Gasteiger partial charge < -0.3 is 10.5 Å². The molecule has 0 bridgehead atoms. The molecule has 0 aromatic heterocycles. The van der Waals surface area contributed by atoms with Crippen LogP contribution in [0.4, 0.5) is 4.79 Å². The number of aryl methyl sites for hydroxylation is 1. The van der Waals surface area contributed by atoms with Gasteiger partial charge in [0.2, 0.25) is 0 Å². The van der Waals surface area contributed by atoms with E-state index in [-0.39, 0.29) is 0 Å². The third-order valence-electron chi connectivity index (χ3n) is 3.22. The Labute approximate surface area is 129 Å². The van der Waals surface area contributed by atoms with Crippen LogP contribution in [0, 0.1) is 0 Å². The Morgan fingerprint density at radius 2 is 1.82 bits per heavy atom. The van der Waals surface area contributed by atoms with Crippen molar-refractivity contribution in [3.05, 3.63) is 65.7 Å². The Morgan fingerprint density at radius 3 is 2.41 bits per heavy atom. The molecule has 2 aromatic rings. The zero-order valence-electron chi connectivity index (χ0n) is 12.5. The quantitative estimate of drug-likeness (QED) is 0.635. The van der Waals surface area contributed by atoms with Crippen LogP contribution in [0.1, 0.15) is 17.5 Å². The molecule has 3 N–H and O–H groups in total. The predicted molar refractivity (Wildman–Crippen MR) is 87.0 cm³/mol. The Balaban J connectivity index is 2.09. The first-order chi connectivity index (χ1) is 10.7. The van der Waals surface area contributed by atoms with Crippen LogP contribution in [0.2, 0.25) is 0 Å². The van der Waals surface area contributed by atoms with Crippen LogP contribution in [0.15, 0.2) is 59.7 Å². The second kappa shape index (κ2) is 7.83. The molecule has 0 heterocycles. The second-order valence-electron chi connectivity index (χ2n) is 4.75. The molecular formula is C17H19N3O2. The number of carbonyl (C=O) groups is 1. The summed E-state index contributed by atoms with van der Waals surface area (Å²) in [6.07, 6.45) is 1.49. The number of urea groups is 1. The Kier molecular flexibility index (Phi) is 5.54. The molecule has 0 spiro atoms. The minimum absolute atomic E-state index is 0.669. The second-order valence-corrected chi connectivity index (χ2v) is 4.75.